The van der Waals surface area contributed by atoms with Crippen LogP contribution in [0.4, 0.5) is 32.0 Å². The molecule has 5 rings (SSSR count). The van der Waals surface area contributed by atoms with E-state index in [2.05, 4.69) is 0 Å². The van der Waals surface area contributed by atoms with Gasteiger partial charge >= 0.3 is 12.4 Å². The van der Waals surface area contributed by atoms with Gasteiger partial charge < -0.3 is 19.0 Å². The summed E-state index contributed by atoms with van der Waals surface area (Å²) in [5.74, 6) is -3.19. The van der Waals surface area contributed by atoms with Gasteiger partial charge in [-0.05, 0) is 73.2 Å². The summed E-state index contributed by atoms with van der Waals surface area (Å²) < 4.78 is 98.6. The molecule has 2 fully saturated rings. The number of hydrogen-bond donors (Lipinski definition) is 1. The van der Waals surface area contributed by atoms with Gasteiger partial charge in [0, 0.05) is 13.0 Å². The molecule has 1 aliphatic carbocycles. The smallest absolute Gasteiger partial charge is 0.416 e. The fourth-order valence-electron chi connectivity index (χ4n) is 6.77. The van der Waals surface area contributed by atoms with E-state index in [9.17, 15) is 41.0 Å². The molecule has 0 radical (unpaired) electrons. The lowest BCUT2D eigenvalue weighted by atomic mass is 9.69. The molecule has 0 bridgehead atoms. The first-order valence-corrected chi connectivity index (χ1v) is 14.6. The van der Waals surface area contributed by atoms with Crippen molar-refractivity contribution in [3.8, 4) is 0 Å². The molecule has 2 saturated heterocycles. The number of hydrogen-bond acceptors (Lipinski definition) is 6. The van der Waals surface area contributed by atoms with Crippen LogP contribution in [0, 0.1) is 17.8 Å². The van der Waals surface area contributed by atoms with Crippen molar-refractivity contribution in [3.05, 3.63) is 69.7 Å². The normalized spacial score (nSPS) is 24.1. The fourth-order valence-corrected chi connectivity index (χ4v) is 6.77. The van der Waals surface area contributed by atoms with E-state index in [0.717, 1.165) is 29.6 Å². The molecule has 3 aliphatic rings. The molecule has 244 valence electrons. The van der Waals surface area contributed by atoms with Gasteiger partial charge in [0.25, 0.3) is 0 Å². The van der Waals surface area contributed by atoms with E-state index in [1.54, 1.807) is 12.1 Å². The number of aliphatic hydroxyl groups excluding tert-OH is 1. The number of benzene rings is 1. The SMILES string of the molecule is CCC/C(=C\c1ccc(CO)o1)CC[C@H]1OC[C@H]2C1=C(COC)C[C@H]1C(=O)N(c3cc(C(F)(F)F)cc(C(F)(F)F)c3)C(=O)[C@H]12. The molecule has 2 aromatic rings. The summed E-state index contributed by atoms with van der Waals surface area (Å²) >= 11 is 0. The molecule has 2 amide bonds. The number of nitrogens with zero attached hydrogens (tertiary/aromatic N) is 1. The molecule has 2 aliphatic heterocycles. The van der Waals surface area contributed by atoms with Crippen molar-refractivity contribution in [1.82, 2.24) is 0 Å². The maximum atomic E-state index is 13.8. The molecule has 45 heavy (non-hydrogen) atoms. The first kappa shape index (κ1) is 33.0. The Kier molecular flexibility index (Phi) is 9.35. The third-order valence-electron chi connectivity index (χ3n) is 8.64. The average Bonchev–Trinajstić information content (AvgIpc) is 3.67. The van der Waals surface area contributed by atoms with Crippen LogP contribution in [-0.4, -0.2) is 43.3 Å². The van der Waals surface area contributed by atoms with Gasteiger partial charge in [-0.25, -0.2) is 4.90 Å². The minimum absolute atomic E-state index is 0.0357. The lowest BCUT2D eigenvalue weighted by Gasteiger charge is -2.31. The van der Waals surface area contributed by atoms with Crippen molar-refractivity contribution < 1.29 is 54.9 Å². The number of halogens is 6. The van der Waals surface area contributed by atoms with Gasteiger partial charge in [-0.3, -0.25) is 9.59 Å². The van der Waals surface area contributed by atoms with E-state index in [1.165, 1.54) is 7.11 Å². The van der Waals surface area contributed by atoms with Crippen molar-refractivity contribution in [2.75, 3.05) is 25.2 Å². The van der Waals surface area contributed by atoms with Crippen LogP contribution < -0.4 is 4.90 Å². The molecule has 1 aromatic heterocycles. The zero-order chi connectivity index (χ0) is 32.7. The number of carbonyl (C=O) groups excluding carboxylic acids is 2. The van der Waals surface area contributed by atoms with E-state index < -0.39 is 64.8 Å². The lowest BCUT2D eigenvalue weighted by Crippen LogP contribution is -2.35. The van der Waals surface area contributed by atoms with Crippen LogP contribution in [0.2, 0.25) is 0 Å². The second-order valence-electron chi connectivity index (χ2n) is 11.6. The van der Waals surface area contributed by atoms with E-state index in [4.69, 9.17) is 13.9 Å². The molecule has 3 heterocycles. The average molecular weight is 642 g/mol. The zero-order valence-corrected chi connectivity index (χ0v) is 24.6. The monoisotopic (exact) mass is 641 g/mol. The van der Waals surface area contributed by atoms with Gasteiger partial charge in [0.1, 0.15) is 18.1 Å². The molecule has 1 aromatic carbocycles. The molecule has 4 atom stereocenters. The van der Waals surface area contributed by atoms with Crippen molar-refractivity contribution >= 4 is 23.6 Å². The van der Waals surface area contributed by atoms with E-state index in [-0.39, 0.29) is 32.3 Å². The maximum Gasteiger partial charge on any atom is 0.416 e. The number of carbonyl (C=O) groups is 2. The van der Waals surface area contributed by atoms with Crippen LogP contribution in [0.3, 0.4) is 0 Å². The Morgan fingerprint density at radius 2 is 1.71 bits per heavy atom. The molecule has 1 N–H and O–H groups in total. The summed E-state index contributed by atoms with van der Waals surface area (Å²) in [6.45, 7) is 2.02. The van der Waals surface area contributed by atoms with E-state index in [0.29, 0.717) is 41.4 Å². The van der Waals surface area contributed by atoms with Crippen LogP contribution in [-0.2, 0) is 38.0 Å². The predicted molar refractivity (Wildman–Crippen MR) is 149 cm³/mol. The topological polar surface area (TPSA) is 89.2 Å². The second-order valence-corrected chi connectivity index (χ2v) is 11.6. The largest absolute Gasteiger partial charge is 0.459 e. The molecule has 0 unspecified atom stereocenters. The summed E-state index contributed by atoms with van der Waals surface area (Å²) in [5.41, 5.74) is -1.35. The lowest BCUT2D eigenvalue weighted by molar-refractivity contribution is -0.143. The van der Waals surface area contributed by atoms with Gasteiger partial charge in [-0.1, -0.05) is 18.9 Å². The van der Waals surface area contributed by atoms with Crippen LogP contribution in [0.25, 0.3) is 6.08 Å². The standard InChI is InChI=1S/C32H33F6NO6/c1-3-4-17(9-22-6-7-23(14-40)45-22)5-8-26-27-18(15-43-2)10-24-28(25(27)16-44-26)30(42)39(29(24)41)21-12-19(31(33,34)35)11-20(13-21)32(36,37)38/h6-7,9,11-13,24-26,28,40H,3-5,8,10,14-16H2,1-2H3/b17-9+/t24-,25+,26-,28-/m1/s1. The van der Waals surface area contributed by atoms with Crippen molar-refractivity contribution in [3.63, 3.8) is 0 Å². The number of amides is 2. The summed E-state index contributed by atoms with van der Waals surface area (Å²) in [7, 11) is 1.47. The molecule has 0 saturated carbocycles. The fraction of sp³-hybridized carbons (Fsp3) is 0.500. The van der Waals surface area contributed by atoms with Gasteiger partial charge in [-0.15, -0.1) is 0 Å². The van der Waals surface area contributed by atoms with Crippen LogP contribution in [0.15, 0.2) is 51.5 Å². The van der Waals surface area contributed by atoms with E-state index >= 15 is 0 Å². The van der Waals surface area contributed by atoms with Crippen LogP contribution in [0.5, 0.6) is 0 Å². The Bertz CT molecular complexity index is 1470. The number of rotatable bonds is 10. The number of methoxy groups -OCH3 is 1. The highest BCUT2D eigenvalue weighted by atomic mass is 19.4. The summed E-state index contributed by atoms with van der Waals surface area (Å²) in [4.78, 5) is 27.8. The highest BCUT2D eigenvalue weighted by Crippen LogP contribution is 2.51. The van der Waals surface area contributed by atoms with Gasteiger partial charge in [0.2, 0.25) is 11.8 Å². The molecule has 13 heteroatoms. The van der Waals surface area contributed by atoms with Crippen LogP contribution in [0.1, 0.15) is 61.7 Å². The number of ether oxygens (including phenoxy) is 2. The van der Waals surface area contributed by atoms with Gasteiger partial charge in [0.15, 0.2) is 0 Å². The number of alkyl halides is 6. The predicted octanol–water partition coefficient (Wildman–Crippen LogP) is 6.94. The molecule has 7 nitrogen and oxygen atoms in total. The Balaban J connectivity index is 1.43. The quantitative estimate of drug-likeness (QED) is 0.172. The minimum Gasteiger partial charge on any atom is -0.459 e. The third kappa shape index (κ3) is 6.61. The van der Waals surface area contributed by atoms with Crippen molar-refractivity contribution in [1.29, 1.82) is 0 Å². The number of anilines is 1. The number of fused-ring (bicyclic) bond motifs is 3. The second kappa shape index (κ2) is 12.8. The number of imide groups is 1. The summed E-state index contributed by atoms with van der Waals surface area (Å²) in [6, 6.07) is 4.23. The first-order valence-electron chi connectivity index (χ1n) is 14.6. The Morgan fingerprint density at radius 3 is 2.29 bits per heavy atom. The first-order chi connectivity index (χ1) is 21.3. The Hall–Kier alpha value is -3.42. The number of aliphatic hydroxyl groups is 1. The Morgan fingerprint density at radius 1 is 1.02 bits per heavy atom. The Labute approximate surface area is 255 Å². The molecule has 0 spiro atoms. The number of furan rings is 1. The summed E-state index contributed by atoms with van der Waals surface area (Å²) in [5, 5.41) is 9.30. The third-order valence-corrected chi connectivity index (χ3v) is 8.64. The minimum atomic E-state index is -5.13. The highest BCUT2D eigenvalue weighted by molar-refractivity contribution is 6.22. The van der Waals surface area contributed by atoms with Crippen molar-refractivity contribution in [2.45, 2.75) is 64.1 Å². The highest BCUT2D eigenvalue weighted by Gasteiger charge is 2.57. The van der Waals surface area contributed by atoms with Gasteiger partial charge in [0.05, 0.1) is 48.0 Å². The van der Waals surface area contributed by atoms with Gasteiger partial charge in [-0.2, -0.15) is 26.3 Å². The van der Waals surface area contributed by atoms with Crippen LogP contribution >= 0.6 is 0 Å². The van der Waals surface area contributed by atoms with E-state index in [1.807, 2.05) is 13.0 Å². The number of allylic oxidation sites excluding steroid dienone is 1. The molecular weight excluding hydrogens is 608 g/mol. The summed E-state index contributed by atoms with van der Waals surface area (Å²) in [6.07, 6.45) is -5.91. The van der Waals surface area contributed by atoms with Crippen molar-refractivity contribution in [2.24, 2.45) is 17.8 Å². The molecular formula is C32H33F6NO6. The zero-order valence-electron chi connectivity index (χ0n) is 24.6. The maximum absolute atomic E-state index is 13.8.